The average Bonchev–Trinajstić information content (AvgIpc) is 3.23. The van der Waals surface area contributed by atoms with Gasteiger partial charge in [0.1, 0.15) is 0 Å². The molecule has 0 bridgehead atoms. The van der Waals surface area contributed by atoms with Crippen LogP contribution >= 0.6 is 0 Å². The zero-order chi connectivity index (χ0) is 20.2. The number of carbonyl (C=O) groups is 2. The van der Waals surface area contributed by atoms with Crippen LogP contribution in [0.2, 0.25) is 0 Å². The summed E-state index contributed by atoms with van der Waals surface area (Å²) in [6, 6.07) is 4.45. The Morgan fingerprint density at radius 3 is 2.41 bits per heavy atom. The van der Waals surface area contributed by atoms with Crippen LogP contribution in [-0.2, 0) is 0 Å². The van der Waals surface area contributed by atoms with Gasteiger partial charge in [-0.1, -0.05) is 19.3 Å². The third kappa shape index (κ3) is 4.89. The summed E-state index contributed by atoms with van der Waals surface area (Å²) in [4.78, 5) is 35.9. The van der Waals surface area contributed by atoms with Gasteiger partial charge < -0.3 is 15.1 Å². The van der Waals surface area contributed by atoms with E-state index in [-0.39, 0.29) is 18.0 Å². The number of nitrogens with zero attached hydrogens (tertiary/aromatic N) is 4. The molecule has 1 aliphatic carbocycles. The van der Waals surface area contributed by atoms with Gasteiger partial charge in [-0.25, -0.2) is 4.79 Å². The molecule has 3 aliphatic rings. The molecule has 3 heterocycles. The number of aromatic nitrogens is 1. The number of pyridine rings is 1. The molecule has 0 radical (unpaired) electrons. The molecule has 2 saturated heterocycles. The lowest BCUT2D eigenvalue weighted by Gasteiger charge is -2.40. The lowest BCUT2D eigenvalue weighted by Crippen LogP contribution is -2.55. The molecule has 0 spiro atoms. The van der Waals surface area contributed by atoms with E-state index in [1.807, 2.05) is 28.9 Å². The van der Waals surface area contributed by atoms with Crippen LogP contribution in [0.15, 0.2) is 18.3 Å². The van der Waals surface area contributed by atoms with Gasteiger partial charge in [0.2, 0.25) is 0 Å². The van der Waals surface area contributed by atoms with E-state index in [0.717, 1.165) is 44.3 Å². The van der Waals surface area contributed by atoms with E-state index in [1.54, 1.807) is 6.20 Å². The average molecular weight is 400 g/mol. The first-order chi connectivity index (χ1) is 14.1. The van der Waals surface area contributed by atoms with Crippen LogP contribution in [0.3, 0.4) is 0 Å². The van der Waals surface area contributed by atoms with E-state index < -0.39 is 0 Å². The number of nitrogens with one attached hydrogen (secondary N) is 1. The molecule has 3 fully saturated rings. The molecule has 4 rings (SSSR count). The Morgan fingerprint density at radius 2 is 1.72 bits per heavy atom. The van der Waals surface area contributed by atoms with Crippen molar-refractivity contribution in [1.29, 1.82) is 0 Å². The molecular formula is C22H33N5O2. The number of piperazine rings is 1. The second kappa shape index (κ2) is 9.11. The Labute approximate surface area is 173 Å². The fraction of sp³-hybridized carbons (Fsp3) is 0.682. The second-order valence-electron chi connectivity index (χ2n) is 8.69. The van der Waals surface area contributed by atoms with Crippen LogP contribution in [0.1, 0.15) is 54.6 Å². The number of urea groups is 1. The Hall–Kier alpha value is -2.15. The van der Waals surface area contributed by atoms with Crippen LogP contribution in [0.25, 0.3) is 0 Å². The molecule has 2 aliphatic heterocycles. The number of likely N-dealkylation sites (tertiary alicyclic amines) is 1. The van der Waals surface area contributed by atoms with Crippen molar-refractivity contribution in [2.75, 3.05) is 39.3 Å². The highest BCUT2D eigenvalue weighted by Gasteiger charge is 2.31. The van der Waals surface area contributed by atoms with E-state index in [9.17, 15) is 9.59 Å². The Balaban J connectivity index is 1.22. The summed E-state index contributed by atoms with van der Waals surface area (Å²) in [5, 5.41) is 3.15. The molecule has 3 amide bonds. The number of amides is 3. The minimum atomic E-state index is -0.00431. The highest BCUT2D eigenvalue weighted by molar-refractivity contribution is 5.94. The van der Waals surface area contributed by atoms with Crippen molar-refractivity contribution in [3.05, 3.63) is 29.6 Å². The fourth-order valence-electron chi connectivity index (χ4n) is 4.84. The topological polar surface area (TPSA) is 68.8 Å². The molecule has 158 valence electrons. The number of rotatable bonds is 3. The minimum Gasteiger partial charge on any atom is -0.336 e. The van der Waals surface area contributed by atoms with Gasteiger partial charge in [0.05, 0.1) is 5.56 Å². The van der Waals surface area contributed by atoms with Gasteiger partial charge in [-0.15, -0.1) is 0 Å². The van der Waals surface area contributed by atoms with Crippen molar-refractivity contribution in [3.63, 3.8) is 0 Å². The molecule has 0 aromatic carbocycles. The minimum absolute atomic E-state index is 0.00431. The highest BCUT2D eigenvalue weighted by Crippen LogP contribution is 2.23. The number of hydrogen-bond donors (Lipinski definition) is 1. The van der Waals surface area contributed by atoms with Crippen LogP contribution in [0.4, 0.5) is 4.79 Å². The molecule has 1 N–H and O–H groups in total. The molecule has 7 heteroatoms. The summed E-state index contributed by atoms with van der Waals surface area (Å²) in [6.07, 6.45) is 9.14. The maximum Gasteiger partial charge on any atom is 0.317 e. The largest absolute Gasteiger partial charge is 0.336 e. The number of hydrogen-bond acceptors (Lipinski definition) is 4. The fourth-order valence-corrected chi connectivity index (χ4v) is 4.84. The standard InChI is InChI=1S/C22H33N5O2/c1-17-7-8-18(15-23-17)21(28)27-10-9-19(16-27)24-22(29)26-13-11-25(12-14-26)20-5-3-2-4-6-20/h7-8,15,19-20H,2-6,9-14,16H2,1H3,(H,24,29)/t19-/m1/s1. The van der Waals surface area contributed by atoms with Crippen LogP contribution in [-0.4, -0.2) is 83.0 Å². The van der Waals surface area contributed by atoms with Gasteiger partial charge in [0.25, 0.3) is 5.91 Å². The zero-order valence-corrected chi connectivity index (χ0v) is 17.5. The van der Waals surface area contributed by atoms with Gasteiger partial charge in [-0.3, -0.25) is 14.7 Å². The summed E-state index contributed by atoms with van der Waals surface area (Å²) in [6.45, 7) is 6.71. The quantitative estimate of drug-likeness (QED) is 0.847. The second-order valence-corrected chi connectivity index (χ2v) is 8.69. The molecular weight excluding hydrogens is 366 g/mol. The van der Waals surface area contributed by atoms with E-state index in [4.69, 9.17) is 0 Å². The lowest BCUT2D eigenvalue weighted by atomic mass is 9.94. The normalized spacial score (nSPS) is 24.0. The van der Waals surface area contributed by atoms with E-state index in [1.165, 1.54) is 32.1 Å². The van der Waals surface area contributed by atoms with E-state index >= 15 is 0 Å². The van der Waals surface area contributed by atoms with Gasteiger partial charge in [0.15, 0.2) is 0 Å². The first-order valence-corrected chi connectivity index (χ1v) is 11.1. The van der Waals surface area contributed by atoms with Crippen LogP contribution in [0.5, 0.6) is 0 Å². The van der Waals surface area contributed by atoms with Crippen molar-refractivity contribution < 1.29 is 9.59 Å². The summed E-state index contributed by atoms with van der Waals surface area (Å²) in [7, 11) is 0. The molecule has 1 saturated carbocycles. The molecule has 29 heavy (non-hydrogen) atoms. The third-order valence-electron chi connectivity index (χ3n) is 6.65. The maximum absolute atomic E-state index is 12.7. The van der Waals surface area contributed by atoms with Crippen molar-refractivity contribution in [1.82, 2.24) is 25.0 Å². The summed E-state index contributed by atoms with van der Waals surface area (Å²) < 4.78 is 0. The first kappa shape index (κ1) is 20.1. The summed E-state index contributed by atoms with van der Waals surface area (Å²) >= 11 is 0. The van der Waals surface area contributed by atoms with Gasteiger partial charge in [-0.2, -0.15) is 0 Å². The van der Waals surface area contributed by atoms with Crippen molar-refractivity contribution >= 4 is 11.9 Å². The Kier molecular flexibility index (Phi) is 6.33. The summed E-state index contributed by atoms with van der Waals surface area (Å²) in [5.41, 5.74) is 1.51. The van der Waals surface area contributed by atoms with Gasteiger partial charge in [-0.05, 0) is 38.3 Å². The van der Waals surface area contributed by atoms with Crippen LogP contribution in [0, 0.1) is 6.92 Å². The van der Waals surface area contributed by atoms with Crippen molar-refractivity contribution in [2.24, 2.45) is 0 Å². The smallest absolute Gasteiger partial charge is 0.317 e. The van der Waals surface area contributed by atoms with E-state index in [0.29, 0.717) is 18.7 Å². The third-order valence-corrected chi connectivity index (χ3v) is 6.65. The summed E-state index contributed by atoms with van der Waals surface area (Å²) in [5.74, 6) is -0.00431. The molecule has 1 aromatic heterocycles. The monoisotopic (exact) mass is 399 g/mol. The SMILES string of the molecule is Cc1ccc(C(=O)N2CC[C@@H](NC(=O)N3CCN(C4CCCCC4)CC3)C2)cn1. The Bertz CT molecular complexity index is 708. The van der Waals surface area contributed by atoms with Crippen molar-refractivity contribution in [2.45, 2.75) is 57.5 Å². The first-order valence-electron chi connectivity index (χ1n) is 11.1. The maximum atomic E-state index is 12.7. The lowest BCUT2D eigenvalue weighted by molar-refractivity contribution is 0.0785. The van der Waals surface area contributed by atoms with Crippen LogP contribution < -0.4 is 5.32 Å². The Morgan fingerprint density at radius 1 is 0.966 bits per heavy atom. The van der Waals surface area contributed by atoms with Gasteiger partial charge >= 0.3 is 6.03 Å². The predicted molar refractivity (Wildman–Crippen MR) is 112 cm³/mol. The number of carbonyl (C=O) groups excluding carboxylic acids is 2. The molecule has 0 unspecified atom stereocenters. The molecule has 7 nitrogen and oxygen atoms in total. The highest BCUT2D eigenvalue weighted by atomic mass is 16.2. The number of aryl methyl sites for hydroxylation is 1. The predicted octanol–water partition coefficient (Wildman–Crippen LogP) is 2.26. The molecule has 1 atom stereocenters. The van der Waals surface area contributed by atoms with Gasteiger partial charge in [0, 0.05) is 63.2 Å². The zero-order valence-electron chi connectivity index (χ0n) is 17.5. The van der Waals surface area contributed by atoms with Crippen molar-refractivity contribution in [3.8, 4) is 0 Å². The molecule has 1 aromatic rings. The van der Waals surface area contributed by atoms with E-state index in [2.05, 4.69) is 15.2 Å².